The van der Waals surface area contributed by atoms with Crippen molar-refractivity contribution in [1.82, 2.24) is 9.97 Å². The van der Waals surface area contributed by atoms with Crippen LogP contribution in [-0.2, 0) is 9.31 Å². The maximum absolute atomic E-state index is 6.60. The number of para-hydroxylation sites is 2. The number of aromatic nitrogens is 2. The fourth-order valence-electron chi connectivity index (χ4n) is 9.62. The summed E-state index contributed by atoms with van der Waals surface area (Å²) in [4.78, 5) is 10.3. The van der Waals surface area contributed by atoms with E-state index in [2.05, 4.69) is 198 Å². The van der Waals surface area contributed by atoms with Crippen LogP contribution >= 0.6 is 22.7 Å². The van der Waals surface area contributed by atoms with Crippen LogP contribution < -0.4 is 5.46 Å². The van der Waals surface area contributed by atoms with Crippen molar-refractivity contribution >= 4 is 119 Å². The van der Waals surface area contributed by atoms with E-state index in [-0.39, 0.29) is 0 Å². The van der Waals surface area contributed by atoms with Crippen molar-refractivity contribution in [3.05, 3.63) is 175 Å². The third-order valence-electron chi connectivity index (χ3n) is 13.4. The summed E-state index contributed by atoms with van der Waals surface area (Å²) in [6, 6.07) is 60.1. The van der Waals surface area contributed by atoms with Gasteiger partial charge in [-0.2, -0.15) is 0 Å². The van der Waals surface area contributed by atoms with Gasteiger partial charge in [0.1, 0.15) is 0 Å². The maximum Gasteiger partial charge on any atom is 0.496 e. The van der Waals surface area contributed by atoms with Crippen LogP contribution in [0, 0.1) is 6.92 Å². The molecular weight excluding hydrogens is 844 g/mol. The smallest absolute Gasteiger partial charge is 0.399 e. The average Bonchev–Trinajstić information content (AvgIpc) is 4.01. The molecule has 322 valence electrons. The largest absolute Gasteiger partial charge is 0.496 e. The molecule has 0 aliphatic carbocycles. The lowest BCUT2D eigenvalue weighted by Gasteiger charge is -2.32. The number of hydrogen-bond donors (Lipinski definition) is 0. The predicted molar refractivity (Wildman–Crippen MR) is 287 cm³/mol. The summed E-state index contributed by atoms with van der Waals surface area (Å²) >= 11 is 3.71. The van der Waals surface area contributed by atoms with E-state index in [9.17, 15) is 0 Å². The number of fused-ring (bicyclic) bond motifs is 14. The minimum atomic E-state index is -0.454. The van der Waals surface area contributed by atoms with Gasteiger partial charge in [-0.1, -0.05) is 153 Å². The molecule has 13 rings (SSSR count). The van der Waals surface area contributed by atoms with Gasteiger partial charge in [0.25, 0.3) is 0 Å². The predicted octanol–water partition coefficient (Wildman–Crippen LogP) is 16.5. The molecule has 4 nitrogen and oxygen atoms in total. The summed E-state index contributed by atoms with van der Waals surface area (Å²) in [5, 5.41) is 12.5. The number of aryl methyl sites for hydroxylation is 1. The first-order valence-corrected chi connectivity index (χ1v) is 24.5. The second-order valence-corrected chi connectivity index (χ2v) is 20.0. The van der Waals surface area contributed by atoms with E-state index in [0.717, 1.165) is 44.4 Å². The zero-order valence-electron chi connectivity index (χ0n) is 38.3. The van der Waals surface area contributed by atoms with Crippen LogP contribution in [0.25, 0.3) is 106 Å². The Balaban J connectivity index is 0.000000145. The fourth-order valence-corrected chi connectivity index (χ4v) is 12.0. The zero-order chi connectivity index (χ0) is 45.3. The van der Waals surface area contributed by atoms with Crippen LogP contribution in [0.5, 0.6) is 0 Å². The summed E-state index contributed by atoms with van der Waals surface area (Å²) < 4.78 is 18.4. The molecule has 12 aromatic rings. The molecule has 0 atom stereocenters. The first-order chi connectivity index (χ1) is 32.1. The Hall–Kier alpha value is -6.48. The first kappa shape index (κ1) is 42.2. The molecule has 66 heavy (non-hydrogen) atoms. The third kappa shape index (κ3) is 6.79. The first-order valence-electron chi connectivity index (χ1n) is 22.9. The monoisotopic (exact) mass is 892 g/mol. The fraction of sp³-hybridized carbons (Fsp3) is 0.153. The molecule has 0 bridgehead atoms. The van der Waals surface area contributed by atoms with E-state index in [1.807, 2.05) is 42.6 Å². The maximum atomic E-state index is 6.60. The Kier molecular flexibility index (Phi) is 10.5. The minimum Gasteiger partial charge on any atom is -0.399 e. The average molecular weight is 893 g/mol. The van der Waals surface area contributed by atoms with E-state index in [0.29, 0.717) is 0 Å². The van der Waals surface area contributed by atoms with Crippen molar-refractivity contribution in [2.24, 2.45) is 0 Å². The van der Waals surface area contributed by atoms with Crippen LogP contribution in [0.3, 0.4) is 0 Å². The zero-order valence-corrected chi connectivity index (χ0v) is 39.9. The molecule has 0 spiro atoms. The molecule has 0 amide bonds. The van der Waals surface area contributed by atoms with Crippen LogP contribution in [0.1, 0.15) is 47.1 Å². The summed E-state index contributed by atoms with van der Waals surface area (Å²) in [7, 11) is -0.454. The summed E-state index contributed by atoms with van der Waals surface area (Å²) in [5.41, 5.74) is 7.93. The number of pyridine rings is 2. The van der Waals surface area contributed by atoms with Crippen molar-refractivity contribution in [1.29, 1.82) is 0 Å². The molecule has 8 aromatic carbocycles. The molecule has 0 saturated carbocycles. The number of thiophene rings is 2. The van der Waals surface area contributed by atoms with Gasteiger partial charge in [0.05, 0.1) is 33.6 Å². The van der Waals surface area contributed by atoms with Crippen LogP contribution in [0.2, 0.25) is 0 Å². The highest BCUT2D eigenvalue weighted by molar-refractivity contribution is 7.27. The highest BCUT2D eigenvalue weighted by Gasteiger charge is 2.52. The Morgan fingerprint density at radius 3 is 1.32 bits per heavy atom. The van der Waals surface area contributed by atoms with Gasteiger partial charge in [0, 0.05) is 89.3 Å². The number of hydrogen-bond acceptors (Lipinski definition) is 6. The summed E-state index contributed by atoms with van der Waals surface area (Å²) in [5.74, 6) is 0. The lowest BCUT2D eigenvalue weighted by atomic mass is 9.76. The molecule has 0 unspecified atom stereocenters. The Morgan fingerprint density at radius 2 is 0.818 bits per heavy atom. The highest BCUT2D eigenvalue weighted by Crippen LogP contribution is 2.47. The van der Waals surface area contributed by atoms with Gasteiger partial charge >= 0.3 is 7.12 Å². The van der Waals surface area contributed by atoms with Gasteiger partial charge in [-0.25, -0.2) is 9.97 Å². The van der Waals surface area contributed by atoms with Crippen molar-refractivity contribution < 1.29 is 9.31 Å². The van der Waals surface area contributed by atoms with Crippen LogP contribution in [-0.4, -0.2) is 28.3 Å². The van der Waals surface area contributed by atoms with E-state index in [1.54, 1.807) is 0 Å². The Morgan fingerprint density at radius 1 is 0.424 bits per heavy atom. The quantitative estimate of drug-likeness (QED) is 0.131. The molecule has 1 fully saturated rings. The van der Waals surface area contributed by atoms with Gasteiger partial charge in [0.15, 0.2) is 0 Å². The van der Waals surface area contributed by atoms with Gasteiger partial charge in [0.2, 0.25) is 0 Å². The highest BCUT2D eigenvalue weighted by atomic mass is 32.1. The topological polar surface area (TPSA) is 44.2 Å². The van der Waals surface area contributed by atoms with Gasteiger partial charge in [-0.3, -0.25) is 0 Å². The summed E-state index contributed by atoms with van der Waals surface area (Å²) in [6.45, 7) is 14.7. The minimum absolute atomic E-state index is 0.417. The number of rotatable bonds is 3. The third-order valence-corrected chi connectivity index (χ3v) is 16.0. The molecule has 4 aromatic heterocycles. The number of benzene rings is 8. The second-order valence-electron chi connectivity index (χ2n) is 17.9. The van der Waals surface area contributed by atoms with Crippen molar-refractivity contribution in [2.45, 2.75) is 59.7 Å². The van der Waals surface area contributed by atoms with Gasteiger partial charge < -0.3 is 9.31 Å². The summed E-state index contributed by atoms with van der Waals surface area (Å²) in [6.07, 6.45) is 0. The Labute approximate surface area is 393 Å². The molecule has 0 N–H and O–H groups in total. The van der Waals surface area contributed by atoms with E-state index >= 15 is 0 Å². The molecule has 7 heteroatoms. The van der Waals surface area contributed by atoms with E-state index < -0.39 is 18.3 Å². The van der Waals surface area contributed by atoms with Crippen molar-refractivity contribution in [2.75, 3.05) is 0 Å². The van der Waals surface area contributed by atoms with E-state index in [1.165, 1.54) is 72.8 Å². The molecule has 5 heterocycles. The van der Waals surface area contributed by atoms with Gasteiger partial charge in [-0.05, 0) is 70.5 Å². The normalized spacial score (nSPS) is 14.4. The number of nitrogens with zero attached hydrogens (tertiary/aromatic N) is 2. The van der Waals surface area contributed by atoms with Crippen LogP contribution in [0.15, 0.2) is 170 Å². The lowest BCUT2D eigenvalue weighted by Crippen LogP contribution is -2.41. The Bertz CT molecular complexity index is 3810. The SMILES string of the molecule is CC.CC1(C)OB(c2cc3c(-c4ccccc4)nc4ccccc4c3c3c2sc2ccccc23)OC1(C)C.Cc1cc2c(-c3ccccc3)nc3ccccc3c2c2c1sc1ccccc12. The molecular formula is C59H49BN2O2S2. The van der Waals surface area contributed by atoms with Crippen molar-refractivity contribution in [3.8, 4) is 22.5 Å². The van der Waals surface area contributed by atoms with Gasteiger partial charge in [-0.15, -0.1) is 22.7 Å². The molecule has 1 aliphatic heterocycles. The molecule has 1 aliphatic rings. The van der Waals surface area contributed by atoms with Crippen LogP contribution in [0.4, 0.5) is 0 Å². The van der Waals surface area contributed by atoms with E-state index in [4.69, 9.17) is 19.3 Å². The van der Waals surface area contributed by atoms with Crippen molar-refractivity contribution in [3.63, 3.8) is 0 Å². The second kappa shape index (κ2) is 16.4. The lowest BCUT2D eigenvalue weighted by molar-refractivity contribution is 0.00578. The molecule has 1 saturated heterocycles. The standard InChI is InChI=1S/C31H26BNO2S.C26H17NS.C2H6/c1-30(2)31(3,4)35-32(34-30)23-18-22-26(27-21-15-9-11-17-25(21)36-29(23)27)20-14-8-10-16-24(20)33-28(22)19-12-6-5-7-13-19;1-16-15-20-23(24-19-12-6-8-14-22(19)28-26(16)24)18-11-5-7-13-21(18)27-25(20)17-9-3-2-4-10-17;1-2/h5-18H,1-4H3;2-15H,1H3;1-2H3. The molecule has 0 radical (unpaired) electrons.